The molecule has 1 amide bonds. The molecule has 2 saturated heterocycles. The van der Waals surface area contributed by atoms with Gasteiger partial charge in [0, 0.05) is 19.5 Å². The fourth-order valence-electron chi connectivity index (χ4n) is 2.75. The molecule has 3 nitrogen and oxygen atoms in total. The summed E-state index contributed by atoms with van der Waals surface area (Å²) in [6.45, 7) is 0.861. The van der Waals surface area contributed by atoms with E-state index >= 15 is 0 Å². The standard InChI is InChI=1S/C10H13NO2/c1-11-6-7-4-8-2-3-10(7,13-8)5-9(11)12/h2-3,7-8H,4-6H2,1H3/t7-,8+,10+/m0/s1. The second-order valence-corrected chi connectivity index (χ2v) is 4.35. The van der Waals surface area contributed by atoms with Crippen molar-refractivity contribution in [3.05, 3.63) is 12.2 Å². The van der Waals surface area contributed by atoms with Gasteiger partial charge in [0.25, 0.3) is 0 Å². The van der Waals surface area contributed by atoms with Gasteiger partial charge < -0.3 is 9.64 Å². The van der Waals surface area contributed by atoms with Crippen LogP contribution >= 0.6 is 0 Å². The van der Waals surface area contributed by atoms with Gasteiger partial charge in [-0.25, -0.2) is 0 Å². The van der Waals surface area contributed by atoms with Crippen molar-refractivity contribution in [2.75, 3.05) is 13.6 Å². The molecule has 3 heteroatoms. The molecule has 0 aromatic heterocycles. The average Bonchev–Trinajstić information content (AvgIpc) is 2.60. The molecule has 0 aliphatic carbocycles. The lowest BCUT2D eigenvalue weighted by Gasteiger charge is -2.38. The largest absolute Gasteiger partial charge is 0.363 e. The first-order valence-electron chi connectivity index (χ1n) is 4.81. The Bertz CT molecular complexity index is 299. The van der Waals surface area contributed by atoms with E-state index in [1.165, 1.54) is 0 Å². The average molecular weight is 179 g/mol. The SMILES string of the molecule is CN1C[C@@H]2C[C@H]3C=C[C@]2(CC1=O)O3. The summed E-state index contributed by atoms with van der Waals surface area (Å²) in [7, 11) is 1.88. The molecule has 0 aromatic carbocycles. The van der Waals surface area contributed by atoms with Gasteiger partial charge in [0.2, 0.25) is 5.91 Å². The predicted molar refractivity (Wildman–Crippen MR) is 47.1 cm³/mol. The molecule has 0 radical (unpaired) electrons. The summed E-state index contributed by atoms with van der Waals surface area (Å²) in [4.78, 5) is 13.4. The number of fused-ring (bicyclic) bond motifs is 1. The van der Waals surface area contributed by atoms with Crippen molar-refractivity contribution in [2.24, 2.45) is 5.92 Å². The predicted octanol–water partition coefficient (Wildman–Crippen LogP) is 0.562. The van der Waals surface area contributed by atoms with Crippen LogP contribution in [0.5, 0.6) is 0 Å². The van der Waals surface area contributed by atoms with Gasteiger partial charge >= 0.3 is 0 Å². The summed E-state index contributed by atoms with van der Waals surface area (Å²) in [6.07, 6.45) is 6.13. The second-order valence-electron chi connectivity index (χ2n) is 4.35. The van der Waals surface area contributed by atoms with E-state index in [9.17, 15) is 4.79 Å². The van der Waals surface area contributed by atoms with E-state index in [0.29, 0.717) is 12.3 Å². The minimum absolute atomic E-state index is 0.212. The molecule has 2 bridgehead atoms. The third kappa shape index (κ3) is 0.854. The third-order valence-electron chi connectivity index (χ3n) is 3.52. The third-order valence-corrected chi connectivity index (χ3v) is 3.52. The van der Waals surface area contributed by atoms with Crippen molar-refractivity contribution in [3.8, 4) is 0 Å². The molecular weight excluding hydrogens is 166 g/mol. The quantitative estimate of drug-likeness (QED) is 0.508. The van der Waals surface area contributed by atoms with Crippen LogP contribution in [0.4, 0.5) is 0 Å². The van der Waals surface area contributed by atoms with Gasteiger partial charge in [0.15, 0.2) is 0 Å². The van der Waals surface area contributed by atoms with Gasteiger partial charge in [0.1, 0.15) is 5.60 Å². The summed E-state index contributed by atoms with van der Waals surface area (Å²) in [5, 5.41) is 0. The molecule has 3 aliphatic heterocycles. The highest BCUT2D eigenvalue weighted by Gasteiger charge is 2.54. The van der Waals surface area contributed by atoms with Crippen LogP contribution in [0.25, 0.3) is 0 Å². The van der Waals surface area contributed by atoms with Crippen LogP contribution in [-0.4, -0.2) is 36.1 Å². The zero-order valence-electron chi connectivity index (χ0n) is 7.69. The van der Waals surface area contributed by atoms with Gasteiger partial charge in [-0.3, -0.25) is 4.79 Å². The van der Waals surface area contributed by atoms with E-state index in [2.05, 4.69) is 12.2 Å². The molecule has 0 N–H and O–H groups in total. The smallest absolute Gasteiger partial charge is 0.225 e. The number of carbonyl (C=O) groups excluding carboxylic acids is 1. The molecule has 1 spiro atoms. The molecular formula is C10H13NO2. The second kappa shape index (κ2) is 2.15. The van der Waals surface area contributed by atoms with E-state index in [-0.39, 0.29) is 17.6 Å². The summed E-state index contributed by atoms with van der Waals surface area (Å²) < 4.78 is 5.82. The minimum atomic E-state index is -0.214. The Morgan fingerprint density at radius 2 is 2.54 bits per heavy atom. The van der Waals surface area contributed by atoms with E-state index in [1.807, 2.05) is 11.9 Å². The van der Waals surface area contributed by atoms with Crippen molar-refractivity contribution in [2.45, 2.75) is 24.5 Å². The number of carbonyl (C=O) groups is 1. The Hall–Kier alpha value is -0.830. The van der Waals surface area contributed by atoms with Gasteiger partial charge in [-0.1, -0.05) is 12.2 Å². The Labute approximate surface area is 77.4 Å². The maximum atomic E-state index is 11.5. The highest BCUT2D eigenvalue weighted by atomic mass is 16.5. The number of likely N-dealkylation sites (tertiary alicyclic amines) is 1. The number of ether oxygens (including phenoxy) is 1. The molecule has 3 aliphatic rings. The number of nitrogens with zero attached hydrogens (tertiary/aromatic N) is 1. The van der Waals surface area contributed by atoms with E-state index in [1.54, 1.807) is 0 Å². The lowest BCUT2D eigenvalue weighted by Crippen LogP contribution is -2.50. The van der Waals surface area contributed by atoms with E-state index in [4.69, 9.17) is 4.74 Å². The Morgan fingerprint density at radius 1 is 1.69 bits per heavy atom. The fourth-order valence-corrected chi connectivity index (χ4v) is 2.75. The van der Waals surface area contributed by atoms with Gasteiger partial charge in [-0.05, 0) is 6.42 Å². The van der Waals surface area contributed by atoms with E-state index in [0.717, 1.165) is 13.0 Å². The molecule has 0 saturated carbocycles. The normalized spacial score (nSPS) is 47.2. The van der Waals surface area contributed by atoms with Crippen LogP contribution in [0.15, 0.2) is 12.2 Å². The van der Waals surface area contributed by atoms with E-state index < -0.39 is 0 Å². The van der Waals surface area contributed by atoms with Crippen LogP contribution in [0.1, 0.15) is 12.8 Å². The summed E-state index contributed by atoms with van der Waals surface area (Å²) in [6, 6.07) is 0. The van der Waals surface area contributed by atoms with Gasteiger partial charge in [0.05, 0.1) is 12.5 Å². The van der Waals surface area contributed by atoms with Gasteiger partial charge in [-0.15, -0.1) is 0 Å². The first-order valence-corrected chi connectivity index (χ1v) is 4.81. The molecule has 3 atom stereocenters. The molecule has 3 heterocycles. The highest BCUT2D eigenvalue weighted by Crippen LogP contribution is 2.47. The van der Waals surface area contributed by atoms with Crippen LogP contribution in [0.3, 0.4) is 0 Å². The zero-order valence-corrected chi connectivity index (χ0v) is 7.69. The lowest BCUT2D eigenvalue weighted by atomic mass is 9.78. The topological polar surface area (TPSA) is 29.5 Å². The zero-order chi connectivity index (χ0) is 9.05. The van der Waals surface area contributed by atoms with Gasteiger partial charge in [-0.2, -0.15) is 0 Å². The minimum Gasteiger partial charge on any atom is -0.363 e. The molecule has 2 fully saturated rings. The number of amides is 1. The Morgan fingerprint density at radius 3 is 3.31 bits per heavy atom. The number of hydrogen-bond donors (Lipinski definition) is 0. The van der Waals surface area contributed by atoms with Crippen molar-refractivity contribution in [3.63, 3.8) is 0 Å². The monoisotopic (exact) mass is 179 g/mol. The highest BCUT2D eigenvalue weighted by molar-refractivity contribution is 5.79. The fraction of sp³-hybridized carbons (Fsp3) is 0.700. The number of piperidine rings is 1. The number of hydrogen-bond acceptors (Lipinski definition) is 2. The molecule has 13 heavy (non-hydrogen) atoms. The maximum Gasteiger partial charge on any atom is 0.225 e. The van der Waals surface area contributed by atoms with Crippen molar-refractivity contribution >= 4 is 5.91 Å². The Kier molecular flexibility index (Phi) is 1.25. The Balaban J connectivity index is 1.96. The lowest BCUT2D eigenvalue weighted by molar-refractivity contribution is -0.141. The van der Waals surface area contributed by atoms with Crippen molar-refractivity contribution < 1.29 is 9.53 Å². The van der Waals surface area contributed by atoms with Crippen molar-refractivity contribution in [1.82, 2.24) is 4.90 Å². The molecule has 0 unspecified atom stereocenters. The molecule has 70 valence electrons. The van der Waals surface area contributed by atoms with Crippen LogP contribution in [0.2, 0.25) is 0 Å². The van der Waals surface area contributed by atoms with Crippen LogP contribution < -0.4 is 0 Å². The van der Waals surface area contributed by atoms with Crippen LogP contribution in [-0.2, 0) is 9.53 Å². The first-order chi connectivity index (χ1) is 6.20. The van der Waals surface area contributed by atoms with Crippen LogP contribution in [0, 0.1) is 5.92 Å². The maximum absolute atomic E-state index is 11.5. The first kappa shape index (κ1) is 7.56. The molecule has 3 rings (SSSR count). The number of rotatable bonds is 0. The summed E-state index contributed by atoms with van der Waals surface area (Å²) in [5.41, 5.74) is -0.214. The molecule has 0 aromatic rings. The summed E-state index contributed by atoms with van der Waals surface area (Å²) >= 11 is 0. The van der Waals surface area contributed by atoms with Crippen molar-refractivity contribution in [1.29, 1.82) is 0 Å². The summed E-state index contributed by atoms with van der Waals surface area (Å²) in [5.74, 6) is 0.744.